The Balaban J connectivity index is 1.63. The summed E-state index contributed by atoms with van der Waals surface area (Å²) in [6.45, 7) is 1.12. The molecule has 3 N–H and O–H groups in total. The topological polar surface area (TPSA) is 101 Å². The number of aromatic amines is 1. The maximum Gasteiger partial charge on any atom is 0.255 e. The highest BCUT2D eigenvalue weighted by atomic mass is 19.1. The molecule has 2 aliphatic heterocycles. The van der Waals surface area contributed by atoms with E-state index in [0.717, 1.165) is 30.5 Å². The van der Waals surface area contributed by atoms with Crippen LogP contribution in [-0.4, -0.2) is 41.1 Å². The van der Waals surface area contributed by atoms with Crippen molar-refractivity contribution in [2.75, 3.05) is 25.6 Å². The lowest BCUT2D eigenvalue weighted by Crippen LogP contribution is -2.35. The monoisotopic (exact) mass is 473 g/mol. The molecule has 1 atom stereocenters. The first kappa shape index (κ1) is 21.4. The van der Waals surface area contributed by atoms with Crippen LogP contribution in [0.2, 0.25) is 0 Å². The fourth-order valence-corrected chi connectivity index (χ4v) is 4.95. The first-order valence-electron chi connectivity index (χ1n) is 11.7. The number of fused-ring (bicyclic) bond motifs is 3. The third-order valence-corrected chi connectivity index (χ3v) is 6.63. The van der Waals surface area contributed by atoms with Gasteiger partial charge in [0.1, 0.15) is 5.52 Å². The van der Waals surface area contributed by atoms with Crippen LogP contribution >= 0.6 is 0 Å². The smallest absolute Gasteiger partial charge is 0.255 e. The lowest BCUT2D eigenvalue weighted by Gasteiger charge is -2.24. The van der Waals surface area contributed by atoms with Crippen LogP contribution in [0, 0.1) is 5.82 Å². The fourth-order valence-electron chi connectivity index (χ4n) is 4.95. The predicted molar refractivity (Wildman–Crippen MR) is 130 cm³/mol. The molecule has 1 amide bonds. The van der Waals surface area contributed by atoms with Crippen LogP contribution in [0.3, 0.4) is 0 Å². The molecule has 0 saturated heterocycles. The molecule has 0 spiro atoms. The van der Waals surface area contributed by atoms with Gasteiger partial charge in [-0.3, -0.25) is 9.78 Å². The van der Waals surface area contributed by atoms with Gasteiger partial charge in [0.2, 0.25) is 5.88 Å². The van der Waals surface area contributed by atoms with Crippen LogP contribution in [-0.2, 0) is 0 Å². The molecular weight excluding hydrogens is 449 g/mol. The van der Waals surface area contributed by atoms with Crippen molar-refractivity contribution in [1.82, 2.24) is 20.3 Å². The number of halogens is 1. The Morgan fingerprint density at radius 3 is 3.00 bits per heavy atom. The maximum absolute atomic E-state index is 14.5. The number of pyridine rings is 2. The molecule has 8 nitrogen and oxygen atoms in total. The Kier molecular flexibility index (Phi) is 5.24. The molecule has 5 heterocycles. The molecule has 0 radical (unpaired) electrons. The third-order valence-electron chi connectivity index (χ3n) is 6.63. The quantitative estimate of drug-likeness (QED) is 0.391. The van der Waals surface area contributed by atoms with E-state index >= 15 is 0 Å². The summed E-state index contributed by atoms with van der Waals surface area (Å²) >= 11 is 0. The van der Waals surface area contributed by atoms with Crippen LogP contribution in [0.1, 0.15) is 41.2 Å². The molecule has 0 saturated carbocycles. The second-order valence-electron chi connectivity index (χ2n) is 8.74. The summed E-state index contributed by atoms with van der Waals surface area (Å²) in [5, 5.41) is 6.34. The molecule has 1 aromatic carbocycles. The average molecular weight is 474 g/mol. The minimum atomic E-state index is -0.495. The van der Waals surface area contributed by atoms with Gasteiger partial charge >= 0.3 is 0 Å². The number of amides is 1. The van der Waals surface area contributed by atoms with Crippen LogP contribution in [0.4, 0.5) is 15.8 Å². The van der Waals surface area contributed by atoms with Crippen molar-refractivity contribution in [1.29, 1.82) is 0 Å². The molecule has 6 rings (SSSR count). The molecule has 3 aromatic heterocycles. The van der Waals surface area contributed by atoms with Crippen LogP contribution in [0.15, 0.2) is 42.6 Å². The zero-order chi connectivity index (χ0) is 23.9. The van der Waals surface area contributed by atoms with E-state index < -0.39 is 5.82 Å². The SMILES string of the molecule is COc1c(F)cccc1Nc1c2[nH]c3c1C(=O)NCC3CCCCOc1ccc3nccc-2c3n1. The normalized spacial score (nSPS) is 17.1. The summed E-state index contributed by atoms with van der Waals surface area (Å²) < 4.78 is 25.7. The molecule has 0 aliphatic carbocycles. The Bertz CT molecular complexity index is 1450. The molecule has 4 aromatic rings. The number of anilines is 2. The highest BCUT2D eigenvalue weighted by Gasteiger charge is 2.33. The Labute approximate surface area is 200 Å². The number of carbonyl (C=O) groups is 1. The van der Waals surface area contributed by atoms with E-state index in [2.05, 4.69) is 20.6 Å². The van der Waals surface area contributed by atoms with E-state index in [1.54, 1.807) is 18.3 Å². The van der Waals surface area contributed by atoms with Gasteiger partial charge in [-0.05, 0) is 43.5 Å². The minimum Gasteiger partial charge on any atom is -0.492 e. The summed E-state index contributed by atoms with van der Waals surface area (Å²) in [6, 6.07) is 10.2. The first-order valence-corrected chi connectivity index (χ1v) is 11.7. The number of H-pyrrole nitrogens is 1. The second kappa shape index (κ2) is 8.57. The van der Waals surface area contributed by atoms with E-state index in [1.165, 1.54) is 13.2 Å². The van der Waals surface area contributed by atoms with E-state index in [9.17, 15) is 9.18 Å². The predicted octanol–water partition coefficient (Wildman–Crippen LogP) is 4.91. The maximum atomic E-state index is 14.5. The van der Waals surface area contributed by atoms with E-state index in [1.807, 2.05) is 18.2 Å². The number of hydrogen-bond donors (Lipinski definition) is 3. The number of nitrogens with zero attached hydrogens (tertiary/aromatic N) is 2. The summed E-state index contributed by atoms with van der Waals surface area (Å²) in [6.07, 6.45) is 4.40. The number of benzene rings is 1. The summed E-state index contributed by atoms with van der Waals surface area (Å²) in [7, 11) is 1.42. The molecule has 178 valence electrons. The highest BCUT2D eigenvalue weighted by Crippen LogP contribution is 2.43. The van der Waals surface area contributed by atoms with Crippen molar-refractivity contribution in [3.05, 3.63) is 59.7 Å². The summed E-state index contributed by atoms with van der Waals surface area (Å²) in [5.41, 5.74) is 5.14. The van der Waals surface area contributed by atoms with Crippen LogP contribution in [0.5, 0.6) is 11.6 Å². The summed E-state index contributed by atoms with van der Waals surface area (Å²) in [5.74, 6) is 0.0371. The van der Waals surface area contributed by atoms with Gasteiger partial charge in [-0.15, -0.1) is 0 Å². The first-order chi connectivity index (χ1) is 17.1. The number of carbonyl (C=O) groups excluding carboxylic acids is 1. The van der Waals surface area contributed by atoms with Crippen molar-refractivity contribution < 1.29 is 18.7 Å². The number of hydrogen-bond acceptors (Lipinski definition) is 6. The van der Waals surface area contributed by atoms with Gasteiger partial charge in [-0.1, -0.05) is 6.07 Å². The summed E-state index contributed by atoms with van der Waals surface area (Å²) in [4.78, 5) is 25.9. The Hall–Kier alpha value is -4.14. The van der Waals surface area contributed by atoms with Gasteiger partial charge in [0.15, 0.2) is 11.6 Å². The number of aromatic nitrogens is 3. The van der Waals surface area contributed by atoms with Gasteiger partial charge in [0.05, 0.1) is 41.9 Å². The number of ether oxygens (including phenoxy) is 2. The molecular formula is C26H24FN5O3. The van der Waals surface area contributed by atoms with Crippen molar-refractivity contribution in [3.8, 4) is 22.9 Å². The molecule has 1 unspecified atom stereocenters. The standard InChI is InChI=1S/C26H24FN5O3/c1-34-25-16(27)6-4-7-18(25)30-24-20-21-14(13-29-26(20)33)5-2-3-12-35-19-9-8-17-22(31-19)15(10-11-28-17)23(24)32-21/h4,6-11,14,30,32H,2-3,5,12-13H2,1H3,(H,29,33). The van der Waals surface area contributed by atoms with Crippen molar-refractivity contribution in [2.24, 2.45) is 0 Å². The van der Waals surface area contributed by atoms with Gasteiger partial charge in [0, 0.05) is 36.0 Å². The van der Waals surface area contributed by atoms with E-state index in [-0.39, 0.29) is 17.6 Å². The molecule has 0 fully saturated rings. The Morgan fingerprint density at radius 2 is 2.11 bits per heavy atom. The number of methoxy groups -OCH3 is 1. The van der Waals surface area contributed by atoms with Crippen molar-refractivity contribution >= 4 is 28.3 Å². The minimum absolute atomic E-state index is 0.0731. The zero-order valence-electron chi connectivity index (χ0n) is 19.2. The largest absolute Gasteiger partial charge is 0.492 e. The molecule has 35 heavy (non-hydrogen) atoms. The van der Waals surface area contributed by atoms with Gasteiger partial charge in [-0.2, -0.15) is 0 Å². The molecule has 2 aliphatic rings. The highest BCUT2D eigenvalue weighted by molar-refractivity contribution is 6.08. The fraction of sp³-hybridized carbons (Fsp3) is 0.269. The van der Waals surface area contributed by atoms with E-state index in [0.29, 0.717) is 52.7 Å². The lowest BCUT2D eigenvalue weighted by molar-refractivity contribution is 0.0939. The number of para-hydroxylation sites is 1. The Morgan fingerprint density at radius 1 is 1.20 bits per heavy atom. The van der Waals surface area contributed by atoms with Crippen LogP contribution in [0.25, 0.3) is 22.3 Å². The van der Waals surface area contributed by atoms with Crippen molar-refractivity contribution in [3.63, 3.8) is 0 Å². The van der Waals surface area contributed by atoms with Gasteiger partial charge < -0.3 is 25.1 Å². The number of rotatable bonds is 3. The third kappa shape index (κ3) is 3.63. The number of nitrogens with one attached hydrogen (secondary N) is 3. The lowest BCUT2D eigenvalue weighted by atomic mass is 9.91. The molecule has 4 bridgehead atoms. The van der Waals surface area contributed by atoms with Gasteiger partial charge in [-0.25, -0.2) is 9.37 Å². The zero-order valence-corrected chi connectivity index (χ0v) is 19.2. The van der Waals surface area contributed by atoms with E-state index in [4.69, 9.17) is 14.5 Å². The average Bonchev–Trinajstić information content (AvgIpc) is 3.24. The van der Waals surface area contributed by atoms with Gasteiger partial charge in [0.25, 0.3) is 5.91 Å². The van der Waals surface area contributed by atoms with Crippen LogP contribution < -0.4 is 20.1 Å². The second-order valence-corrected chi connectivity index (χ2v) is 8.74. The van der Waals surface area contributed by atoms with Crippen molar-refractivity contribution in [2.45, 2.75) is 25.2 Å². The molecule has 9 heteroatoms.